The van der Waals surface area contributed by atoms with E-state index in [1.54, 1.807) is 31.2 Å². The molecule has 0 amide bonds. The third kappa shape index (κ3) is 4.92. The number of halogens is 2. The third-order valence-corrected chi connectivity index (χ3v) is 6.58. The average Bonchev–Trinajstić information content (AvgIpc) is 3.26. The number of fused-ring (bicyclic) bond motifs is 1. The number of hydrogen-bond acceptors (Lipinski definition) is 7. The standard InChI is InChI=1S/C23H21F2N5O4S/c1-3-9-35(32,33)30-17-8-7-16(24)19(20(17)25)21(31)15-11-26-22-18(15)23(28-12-27-22)29-13-5-4-6-14(10-13)34-2/h4-8,10-12,30H,3,9H2,1-2H3,(H2,26,27,28,29). The van der Waals surface area contributed by atoms with Gasteiger partial charge in [0.2, 0.25) is 15.8 Å². The fourth-order valence-corrected chi connectivity index (χ4v) is 4.67. The zero-order valence-electron chi connectivity index (χ0n) is 18.7. The Hall–Kier alpha value is -4.06. The molecule has 3 N–H and O–H groups in total. The highest BCUT2D eigenvalue weighted by molar-refractivity contribution is 7.92. The van der Waals surface area contributed by atoms with Gasteiger partial charge in [-0.1, -0.05) is 13.0 Å². The zero-order valence-corrected chi connectivity index (χ0v) is 19.5. The molecule has 0 spiro atoms. The van der Waals surface area contributed by atoms with Gasteiger partial charge in [-0.2, -0.15) is 0 Å². The van der Waals surface area contributed by atoms with E-state index in [4.69, 9.17) is 4.74 Å². The number of aromatic amines is 1. The highest BCUT2D eigenvalue weighted by atomic mass is 32.2. The topological polar surface area (TPSA) is 126 Å². The monoisotopic (exact) mass is 501 g/mol. The van der Waals surface area contributed by atoms with Gasteiger partial charge >= 0.3 is 0 Å². The summed E-state index contributed by atoms with van der Waals surface area (Å²) in [5.41, 5.74) is -0.673. The maximum Gasteiger partial charge on any atom is 0.232 e. The first-order valence-corrected chi connectivity index (χ1v) is 12.2. The van der Waals surface area contributed by atoms with Crippen LogP contribution in [0.3, 0.4) is 0 Å². The highest BCUT2D eigenvalue weighted by Gasteiger charge is 2.27. The highest BCUT2D eigenvalue weighted by Crippen LogP contribution is 2.31. The normalized spacial score (nSPS) is 11.4. The lowest BCUT2D eigenvalue weighted by Gasteiger charge is -2.12. The molecule has 4 rings (SSSR count). The minimum Gasteiger partial charge on any atom is -0.497 e. The molecule has 0 aliphatic rings. The van der Waals surface area contributed by atoms with Gasteiger partial charge in [0.25, 0.3) is 0 Å². The lowest BCUT2D eigenvalue weighted by molar-refractivity contribution is 0.103. The summed E-state index contributed by atoms with van der Waals surface area (Å²) >= 11 is 0. The van der Waals surface area contributed by atoms with Crippen molar-refractivity contribution in [3.8, 4) is 5.75 Å². The van der Waals surface area contributed by atoms with Crippen molar-refractivity contribution in [2.75, 3.05) is 22.9 Å². The molecular weight excluding hydrogens is 480 g/mol. The number of sulfonamides is 1. The number of nitrogens with one attached hydrogen (secondary N) is 3. The Morgan fingerprint density at radius 3 is 2.71 bits per heavy atom. The molecule has 182 valence electrons. The predicted molar refractivity (Wildman–Crippen MR) is 128 cm³/mol. The van der Waals surface area contributed by atoms with Crippen molar-refractivity contribution in [2.45, 2.75) is 13.3 Å². The van der Waals surface area contributed by atoms with Crippen molar-refractivity contribution in [3.05, 3.63) is 71.7 Å². The summed E-state index contributed by atoms with van der Waals surface area (Å²) in [5.74, 6) is -2.92. The lowest BCUT2D eigenvalue weighted by Crippen LogP contribution is -2.18. The summed E-state index contributed by atoms with van der Waals surface area (Å²) in [6.45, 7) is 1.64. The number of carbonyl (C=O) groups is 1. The van der Waals surface area contributed by atoms with Crippen LogP contribution in [0.5, 0.6) is 5.75 Å². The van der Waals surface area contributed by atoms with E-state index in [1.165, 1.54) is 19.6 Å². The molecule has 4 aromatic rings. The van der Waals surface area contributed by atoms with Gasteiger partial charge in [0.1, 0.15) is 29.4 Å². The van der Waals surface area contributed by atoms with Crippen LogP contribution in [0.15, 0.2) is 48.9 Å². The van der Waals surface area contributed by atoms with E-state index in [9.17, 15) is 17.6 Å². The predicted octanol–water partition coefficient (Wildman–Crippen LogP) is 4.37. The van der Waals surface area contributed by atoms with Gasteiger partial charge in [-0.15, -0.1) is 0 Å². The van der Waals surface area contributed by atoms with E-state index >= 15 is 4.39 Å². The van der Waals surface area contributed by atoms with Crippen molar-refractivity contribution in [1.82, 2.24) is 15.0 Å². The molecule has 0 saturated carbocycles. The number of carbonyl (C=O) groups excluding carboxylic acids is 1. The molecule has 35 heavy (non-hydrogen) atoms. The number of ether oxygens (including phenoxy) is 1. The molecule has 2 aromatic heterocycles. The van der Waals surface area contributed by atoms with Crippen molar-refractivity contribution in [3.63, 3.8) is 0 Å². The zero-order chi connectivity index (χ0) is 25.2. The second kappa shape index (κ2) is 9.66. The number of ketones is 1. The number of aromatic nitrogens is 3. The molecule has 2 heterocycles. The molecule has 0 fully saturated rings. The van der Waals surface area contributed by atoms with Crippen LogP contribution < -0.4 is 14.8 Å². The van der Waals surface area contributed by atoms with Crippen LogP contribution in [0.2, 0.25) is 0 Å². The summed E-state index contributed by atoms with van der Waals surface area (Å²) in [6.07, 6.45) is 2.83. The van der Waals surface area contributed by atoms with E-state index in [1.807, 2.05) is 0 Å². The van der Waals surface area contributed by atoms with Crippen molar-refractivity contribution >= 4 is 44.0 Å². The average molecular weight is 502 g/mol. The molecule has 12 heteroatoms. The molecule has 0 aliphatic carbocycles. The van der Waals surface area contributed by atoms with Crippen LogP contribution >= 0.6 is 0 Å². The van der Waals surface area contributed by atoms with Crippen LogP contribution in [0.4, 0.5) is 26.0 Å². The number of benzene rings is 2. The smallest absolute Gasteiger partial charge is 0.232 e. The molecule has 0 radical (unpaired) electrons. The van der Waals surface area contributed by atoms with E-state index in [-0.39, 0.29) is 28.2 Å². The third-order valence-electron chi connectivity index (χ3n) is 5.10. The van der Waals surface area contributed by atoms with Crippen LogP contribution in [-0.4, -0.2) is 42.0 Å². The van der Waals surface area contributed by atoms with Crippen molar-refractivity contribution < 1.29 is 26.7 Å². The van der Waals surface area contributed by atoms with Crippen molar-refractivity contribution in [2.24, 2.45) is 0 Å². The minimum atomic E-state index is -3.87. The Labute approximate surface area is 199 Å². The van der Waals surface area contributed by atoms with Crippen LogP contribution in [0.1, 0.15) is 29.3 Å². The van der Waals surface area contributed by atoms with Gasteiger partial charge in [-0.05, 0) is 30.7 Å². The van der Waals surface area contributed by atoms with Crippen molar-refractivity contribution in [1.29, 1.82) is 0 Å². The Bertz CT molecular complexity index is 1520. The molecule has 0 saturated heterocycles. The first-order valence-electron chi connectivity index (χ1n) is 10.5. The molecule has 9 nitrogen and oxygen atoms in total. The Balaban J connectivity index is 1.78. The Morgan fingerprint density at radius 1 is 1.17 bits per heavy atom. The number of nitrogens with zero attached hydrogens (tertiary/aromatic N) is 2. The first kappa shape index (κ1) is 24.1. The summed E-state index contributed by atoms with van der Waals surface area (Å²) in [5, 5.41) is 3.26. The quantitative estimate of drug-likeness (QED) is 0.291. The lowest BCUT2D eigenvalue weighted by atomic mass is 10.0. The number of methoxy groups -OCH3 is 1. The second-order valence-electron chi connectivity index (χ2n) is 7.54. The Morgan fingerprint density at radius 2 is 1.97 bits per heavy atom. The molecule has 0 aliphatic heterocycles. The molecule has 0 atom stereocenters. The summed E-state index contributed by atoms with van der Waals surface area (Å²) in [7, 11) is -2.35. The van der Waals surface area contributed by atoms with E-state index in [0.717, 1.165) is 12.1 Å². The second-order valence-corrected chi connectivity index (χ2v) is 9.38. The molecule has 0 bridgehead atoms. The maximum absolute atomic E-state index is 15.2. The van der Waals surface area contributed by atoms with E-state index in [2.05, 4.69) is 25.0 Å². The molecule has 0 unspecified atom stereocenters. The van der Waals surface area contributed by atoms with E-state index in [0.29, 0.717) is 17.9 Å². The van der Waals surface area contributed by atoms with E-state index < -0.39 is 38.7 Å². The van der Waals surface area contributed by atoms with Gasteiger partial charge in [-0.3, -0.25) is 9.52 Å². The van der Waals surface area contributed by atoms with Crippen LogP contribution in [-0.2, 0) is 10.0 Å². The number of rotatable bonds is 9. The van der Waals surface area contributed by atoms with Crippen LogP contribution in [0, 0.1) is 11.6 Å². The summed E-state index contributed by atoms with van der Waals surface area (Å²) in [6, 6.07) is 8.71. The van der Waals surface area contributed by atoms with Gasteiger partial charge in [0.15, 0.2) is 5.82 Å². The molecular formula is C23H21F2N5O4S. The van der Waals surface area contributed by atoms with Crippen LogP contribution in [0.25, 0.3) is 11.0 Å². The molecule has 2 aromatic carbocycles. The number of anilines is 3. The summed E-state index contributed by atoms with van der Waals surface area (Å²) in [4.78, 5) is 24.4. The fraction of sp³-hybridized carbons (Fsp3) is 0.174. The largest absolute Gasteiger partial charge is 0.497 e. The maximum atomic E-state index is 15.2. The van der Waals surface area contributed by atoms with Gasteiger partial charge in [0.05, 0.1) is 35.1 Å². The first-order chi connectivity index (χ1) is 16.7. The SMILES string of the molecule is CCCS(=O)(=O)Nc1ccc(F)c(C(=O)c2c[nH]c3ncnc(Nc4cccc(OC)c4)c23)c1F. The van der Waals surface area contributed by atoms with Gasteiger partial charge < -0.3 is 15.0 Å². The van der Waals surface area contributed by atoms with Gasteiger partial charge in [0, 0.05) is 18.0 Å². The number of H-pyrrole nitrogens is 1. The van der Waals surface area contributed by atoms with Gasteiger partial charge in [-0.25, -0.2) is 27.2 Å². The minimum absolute atomic E-state index is 0.0997. The Kier molecular flexibility index (Phi) is 6.65. The fourth-order valence-electron chi connectivity index (χ4n) is 3.54. The summed E-state index contributed by atoms with van der Waals surface area (Å²) < 4.78 is 61.4. The number of hydrogen-bond donors (Lipinski definition) is 3.